The summed E-state index contributed by atoms with van der Waals surface area (Å²) in [4.78, 5) is 18.8. The van der Waals surface area contributed by atoms with Crippen molar-refractivity contribution in [3.63, 3.8) is 0 Å². The lowest BCUT2D eigenvalue weighted by atomic mass is 10.1. The van der Waals surface area contributed by atoms with Gasteiger partial charge in [-0.1, -0.05) is 35.0 Å². The third kappa shape index (κ3) is 2.27. The minimum absolute atomic E-state index is 0.356. The van der Waals surface area contributed by atoms with Gasteiger partial charge in [-0.05, 0) is 20.8 Å². The van der Waals surface area contributed by atoms with Crippen LogP contribution in [0.3, 0.4) is 0 Å². The molecule has 0 radical (unpaired) electrons. The average molecular weight is 281 g/mol. The molecule has 0 saturated heterocycles. The molecular formula is C16H15N3O2. The van der Waals surface area contributed by atoms with Crippen molar-refractivity contribution in [2.24, 2.45) is 0 Å². The number of H-pyrrole nitrogens is 1. The van der Waals surface area contributed by atoms with Gasteiger partial charge < -0.3 is 9.51 Å². The molecule has 106 valence electrons. The van der Waals surface area contributed by atoms with Gasteiger partial charge in [0, 0.05) is 22.5 Å². The van der Waals surface area contributed by atoms with E-state index in [1.165, 1.54) is 5.56 Å². The molecule has 1 N–H and O–H groups in total. The molecule has 2 heterocycles. The van der Waals surface area contributed by atoms with E-state index in [9.17, 15) is 4.79 Å². The van der Waals surface area contributed by atoms with Gasteiger partial charge in [0.15, 0.2) is 6.29 Å². The zero-order chi connectivity index (χ0) is 15.0. The zero-order valence-corrected chi connectivity index (χ0v) is 12.1. The van der Waals surface area contributed by atoms with Gasteiger partial charge in [0.05, 0.1) is 5.56 Å². The molecule has 1 aromatic carbocycles. The van der Waals surface area contributed by atoms with Crippen LogP contribution in [0.1, 0.15) is 27.3 Å². The van der Waals surface area contributed by atoms with Gasteiger partial charge in [-0.25, -0.2) is 0 Å². The van der Waals surface area contributed by atoms with E-state index in [2.05, 4.69) is 15.1 Å². The van der Waals surface area contributed by atoms with E-state index in [1.54, 1.807) is 0 Å². The Kier molecular flexibility index (Phi) is 3.17. The third-order valence-corrected chi connectivity index (χ3v) is 3.49. The van der Waals surface area contributed by atoms with Gasteiger partial charge in [-0.15, -0.1) is 0 Å². The molecule has 0 atom stereocenters. The molecule has 0 spiro atoms. The molecule has 0 bridgehead atoms. The summed E-state index contributed by atoms with van der Waals surface area (Å²) in [5.41, 5.74) is 4.93. The predicted octanol–water partition coefficient (Wildman–Crippen LogP) is 3.47. The molecule has 3 rings (SSSR count). The second-order valence-electron chi connectivity index (χ2n) is 5.07. The number of carbonyl (C=O) groups excluding carboxylic acids is 1. The van der Waals surface area contributed by atoms with Crippen molar-refractivity contribution in [1.29, 1.82) is 0 Å². The summed E-state index contributed by atoms with van der Waals surface area (Å²) in [6.07, 6.45) is 0.809. The Hall–Kier alpha value is -2.69. The van der Waals surface area contributed by atoms with E-state index in [4.69, 9.17) is 4.52 Å². The summed E-state index contributed by atoms with van der Waals surface area (Å²) < 4.78 is 5.33. The molecule has 5 heteroatoms. The SMILES string of the molecule is Cc1ccc(-c2noc(-c3c(C)[nH]c(C)c3C=O)n2)cc1. The highest BCUT2D eigenvalue weighted by molar-refractivity contribution is 5.88. The number of carbonyl (C=O) groups is 1. The van der Waals surface area contributed by atoms with E-state index < -0.39 is 0 Å². The maximum atomic E-state index is 11.2. The molecule has 0 aliphatic heterocycles. The average Bonchev–Trinajstić information content (AvgIpc) is 3.03. The van der Waals surface area contributed by atoms with Crippen LogP contribution >= 0.6 is 0 Å². The van der Waals surface area contributed by atoms with Crippen LogP contribution in [0.5, 0.6) is 0 Å². The lowest BCUT2D eigenvalue weighted by Gasteiger charge is -1.95. The molecule has 0 unspecified atom stereocenters. The highest BCUT2D eigenvalue weighted by Crippen LogP contribution is 2.29. The van der Waals surface area contributed by atoms with Crippen molar-refractivity contribution in [2.75, 3.05) is 0 Å². The normalized spacial score (nSPS) is 10.8. The van der Waals surface area contributed by atoms with E-state index in [1.807, 2.05) is 45.0 Å². The zero-order valence-electron chi connectivity index (χ0n) is 12.1. The van der Waals surface area contributed by atoms with Crippen LogP contribution in [0.15, 0.2) is 28.8 Å². The summed E-state index contributed by atoms with van der Waals surface area (Å²) >= 11 is 0. The first-order chi connectivity index (χ1) is 10.1. The van der Waals surface area contributed by atoms with Crippen molar-refractivity contribution in [1.82, 2.24) is 15.1 Å². The molecule has 2 aromatic heterocycles. The van der Waals surface area contributed by atoms with Crippen LogP contribution in [0.4, 0.5) is 0 Å². The minimum Gasteiger partial charge on any atom is -0.361 e. The van der Waals surface area contributed by atoms with Crippen LogP contribution in [-0.4, -0.2) is 21.4 Å². The fraction of sp³-hybridized carbons (Fsp3) is 0.188. The van der Waals surface area contributed by atoms with Crippen LogP contribution in [0.2, 0.25) is 0 Å². The highest BCUT2D eigenvalue weighted by atomic mass is 16.5. The summed E-state index contributed by atoms with van der Waals surface area (Å²) in [7, 11) is 0. The first-order valence-electron chi connectivity index (χ1n) is 6.65. The Morgan fingerprint density at radius 1 is 1.10 bits per heavy atom. The lowest BCUT2D eigenvalue weighted by molar-refractivity contribution is 0.112. The molecule has 0 aliphatic rings. The number of aldehydes is 1. The second-order valence-corrected chi connectivity index (χ2v) is 5.07. The highest BCUT2D eigenvalue weighted by Gasteiger charge is 2.19. The fourth-order valence-corrected chi connectivity index (χ4v) is 2.37. The van der Waals surface area contributed by atoms with E-state index in [0.717, 1.165) is 23.2 Å². The second kappa shape index (κ2) is 5.01. The minimum atomic E-state index is 0.356. The number of benzene rings is 1. The van der Waals surface area contributed by atoms with Gasteiger partial charge in [0.2, 0.25) is 5.82 Å². The van der Waals surface area contributed by atoms with Gasteiger partial charge in [-0.3, -0.25) is 4.79 Å². The molecule has 0 fully saturated rings. The fourth-order valence-electron chi connectivity index (χ4n) is 2.37. The monoisotopic (exact) mass is 281 g/mol. The molecule has 3 aromatic rings. The number of aromatic amines is 1. The molecule has 0 saturated carbocycles. The Balaban J connectivity index is 2.06. The van der Waals surface area contributed by atoms with Crippen LogP contribution < -0.4 is 0 Å². The smallest absolute Gasteiger partial charge is 0.260 e. The van der Waals surface area contributed by atoms with Crippen LogP contribution in [0.25, 0.3) is 22.8 Å². The maximum Gasteiger partial charge on any atom is 0.260 e. The van der Waals surface area contributed by atoms with Gasteiger partial charge in [0.25, 0.3) is 5.89 Å². The van der Waals surface area contributed by atoms with Crippen molar-refractivity contribution in [3.8, 4) is 22.8 Å². The first kappa shape index (κ1) is 13.3. The number of rotatable bonds is 3. The largest absolute Gasteiger partial charge is 0.361 e. The molecule has 5 nitrogen and oxygen atoms in total. The van der Waals surface area contributed by atoms with Crippen LogP contribution in [-0.2, 0) is 0 Å². The quantitative estimate of drug-likeness (QED) is 0.746. The predicted molar refractivity (Wildman–Crippen MR) is 79.1 cm³/mol. The number of hydrogen-bond acceptors (Lipinski definition) is 4. The van der Waals surface area contributed by atoms with Gasteiger partial charge >= 0.3 is 0 Å². The van der Waals surface area contributed by atoms with Crippen molar-refractivity contribution >= 4 is 6.29 Å². The Labute approximate surface area is 122 Å². The Morgan fingerprint density at radius 3 is 2.48 bits per heavy atom. The van der Waals surface area contributed by atoms with E-state index in [-0.39, 0.29) is 0 Å². The topological polar surface area (TPSA) is 71.8 Å². The molecule has 0 amide bonds. The summed E-state index contributed by atoms with van der Waals surface area (Å²) in [6, 6.07) is 7.88. The summed E-state index contributed by atoms with van der Waals surface area (Å²) in [5, 5.41) is 4.00. The third-order valence-electron chi connectivity index (χ3n) is 3.49. The molecule has 21 heavy (non-hydrogen) atoms. The van der Waals surface area contributed by atoms with Crippen molar-refractivity contribution < 1.29 is 9.32 Å². The summed E-state index contributed by atoms with van der Waals surface area (Å²) in [6.45, 7) is 5.75. The van der Waals surface area contributed by atoms with Gasteiger partial charge in [-0.2, -0.15) is 4.98 Å². The van der Waals surface area contributed by atoms with Crippen LogP contribution in [0, 0.1) is 20.8 Å². The molecule has 0 aliphatic carbocycles. The Morgan fingerprint density at radius 2 is 1.81 bits per heavy atom. The number of aryl methyl sites for hydroxylation is 3. The Bertz CT molecular complexity index is 798. The maximum absolute atomic E-state index is 11.2. The lowest BCUT2D eigenvalue weighted by Crippen LogP contribution is -1.87. The van der Waals surface area contributed by atoms with Crippen molar-refractivity contribution in [3.05, 3.63) is 46.8 Å². The molecular weight excluding hydrogens is 266 g/mol. The number of hydrogen-bond donors (Lipinski definition) is 1. The number of nitrogens with one attached hydrogen (secondary N) is 1. The van der Waals surface area contributed by atoms with Gasteiger partial charge in [0.1, 0.15) is 0 Å². The standard InChI is InChI=1S/C16H15N3O2/c1-9-4-6-12(7-5-9)15-18-16(21-19-15)14-11(3)17-10(2)13(14)8-20/h4-8,17H,1-3H3. The van der Waals surface area contributed by atoms with E-state index in [0.29, 0.717) is 22.8 Å². The van der Waals surface area contributed by atoms with Crippen molar-refractivity contribution in [2.45, 2.75) is 20.8 Å². The number of aromatic nitrogens is 3. The number of nitrogens with zero attached hydrogens (tertiary/aromatic N) is 2. The first-order valence-corrected chi connectivity index (χ1v) is 6.65. The summed E-state index contributed by atoms with van der Waals surface area (Å²) in [5.74, 6) is 0.870. The van der Waals surface area contributed by atoms with E-state index >= 15 is 0 Å².